The lowest BCUT2D eigenvalue weighted by Gasteiger charge is -2.17. The number of hydrogen-bond donors (Lipinski definition) is 2. The van der Waals surface area contributed by atoms with Crippen LogP contribution in [-0.4, -0.2) is 37.1 Å². The molecule has 0 spiro atoms. The Hall–Kier alpha value is -2.67. The smallest absolute Gasteiger partial charge is 0.191 e. The number of fused-ring (bicyclic) bond motifs is 1. The SMILES string of the molecule is CN=C(NCc1sc(C)nc1C)NCc1cc(N(C)C)nc2ccccc12. The van der Waals surface area contributed by atoms with Crippen LogP contribution in [0.4, 0.5) is 5.82 Å². The number of aryl methyl sites for hydroxylation is 2. The van der Waals surface area contributed by atoms with Crippen LogP contribution in [0.5, 0.6) is 0 Å². The molecule has 0 aliphatic rings. The summed E-state index contributed by atoms with van der Waals surface area (Å²) >= 11 is 1.72. The van der Waals surface area contributed by atoms with E-state index in [-0.39, 0.29) is 0 Å². The first-order chi connectivity index (χ1) is 13.0. The molecule has 0 radical (unpaired) electrons. The van der Waals surface area contributed by atoms with Crippen LogP contribution in [0.1, 0.15) is 21.1 Å². The lowest BCUT2D eigenvalue weighted by Crippen LogP contribution is -2.36. The molecule has 0 aliphatic heterocycles. The fraction of sp³-hybridized carbons (Fsp3) is 0.350. The van der Waals surface area contributed by atoms with Crippen LogP contribution in [0.3, 0.4) is 0 Å². The first kappa shape index (κ1) is 19.1. The molecule has 0 aliphatic carbocycles. The van der Waals surface area contributed by atoms with E-state index in [4.69, 9.17) is 4.98 Å². The number of guanidine groups is 1. The third-order valence-electron chi connectivity index (χ3n) is 4.33. The van der Waals surface area contributed by atoms with Gasteiger partial charge in [0.2, 0.25) is 0 Å². The zero-order chi connectivity index (χ0) is 19.4. The number of benzene rings is 1. The predicted octanol–water partition coefficient (Wildman–Crippen LogP) is 3.24. The quantitative estimate of drug-likeness (QED) is 0.524. The number of para-hydroxylation sites is 1. The van der Waals surface area contributed by atoms with Crippen molar-refractivity contribution in [1.82, 2.24) is 20.6 Å². The number of aliphatic imine (C=N–C) groups is 1. The first-order valence-electron chi connectivity index (χ1n) is 8.91. The number of nitrogens with zero attached hydrogens (tertiary/aromatic N) is 4. The number of hydrogen-bond acceptors (Lipinski definition) is 5. The van der Waals surface area contributed by atoms with Crippen molar-refractivity contribution < 1.29 is 0 Å². The van der Waals surface area contributed by atoms with Crippen molar-refractivity contribution in [3.63, 3.8) is 0 Å². The molecule has 2 heterocycles. The van der Waals surface area contributed by atoms with Gasteiger partial charge in [-0.3, -0.25) is 4.99 Å². The molecule has 6 nitrogen and oxygen atoms in total. The van der Waals surface area contributed by atoms with E-state index in [1.165, 1.54) is 10.4 Å². The molecule has 27 heavy (non-hydrogen) atoms. The van der Waals surface area contributed by atoms with Gasteiger partial charge in [-0.1, -0.05) is 18.2 Å². The van der Waals surface area contributed by atoms with Crippen LogP contribution in [0.15, 0.2) is 35.3 Å². The molecule has 2 aromatic heterocycles. The summed E-state index contributed by atoms with van der Waals surface area (Å²) in [5, 5.41) is 9.04. The Morgan fingerprint density at radius 3 is 2.52 bits per heavy atom. The van der Waals surface area contributed by atoms with Crippen LogP contribution < -0.4 is 15.5 Å². The largest absolute Gasteiger partial charge is 0.363 e. The molecule has 0 fully saturated rings. The minimum Gasteiger partial charge on any atom is -0.363 e. The molecule has 7 heteroatoms. The highest BCUT2D eigenvalue weighted by Gasteiger charge is 2.09. The second kappa shape index (κ2) is 8.35. The van der Waals surface area contributed by atoms with E-state index >= 15 is 0 Å². The van der Waals surface area contributed by atoms with Crippen molar-refractivity contribution in [1.29, 1.82) is 0 Å². The minimum atomic E-state index is 0.671. The van der Waals surface area contributed by atoms with Crippen LogP contribution >= 0.6 is 11.3 Å². The summed E-state index contributed by atoms with van der Waals surface area (Å²) in [6, 6.07) is 10.3. The summed E-state index contributed by atoms with van der Waals surface area (Å²) in [4.78, 5) is 16.8. The average Bonchev–Trinajstić information content (AvgIpc) is 2.98. The first-order valence-corrected chi connectivity index (χ1v) is 9.73. The molecule has 0 atom stereocenters. The van der Waals surface area contributed by atoms with E-state index < -0.39 is 0 Å². The van der Waals surface area contributed by atoms with Crippen molar-refractivity contribution in [3.8, 4) is 0 Å². The van der Waals surface area contributed by atoms with Gasteiger partial charge < -0.3 is 15.5 Å². The van der Waals surface area contributed by atoms with Crippen LogP contribution in [0.2, 0.25) is 0 Å². The lowest BCUT2D eigenvalue weighted by molar-refractivity contribution is 0.813. The number of thiazole rings is 1. The molecule has 0 bridgehead atoms. The summed E-state index contributed by atoms with van der Waals surface area (Å²) in [5.74, 6) is 1.72. The average molecular weight is 383 g/mol. The van der Waals surface area contributed by atoms with Crippen molar-refractivity contribution >= 4 is 34.0 Å². The topological polar surface area (TPSA) is 65.4 Å². The van der Waals surface area contributed by atoms with Crippen LogP contribution in [-0.2, 0) is 13.1 Å². The Labute approximate surface area is 164 Å². The third-order valence-corrected chi connectivity index (χ3v) is 5.41. The van der Waals surface area contributed by atoms with E-state index in [1.807, 2.05) is 51.0 Å². The molecule has 0 saturated carbocycles. The molecule has 1 aromatic carbocycles. The van der Waals surface area contributed by atoms with E-state index in [0.29, 0.717) is 6.54 Å². The second-order valence-electron chi connectivity index (χ2n) is 6.57. The molecule has 3 aromatic rings. The Balaban J connectivity index is 1.73. The summed E-state index contributed by atoms with van der Waals surface area (Å²) < 4.78 is 0. The molecule has 0 unspecified atom stereocenters. The second-order valence-corrected chi connectivity index (χ2v) is 7.86. The van der Waals surface area contributed by atoms with Gasteiger partial charge in [0.25, 0.3) is 0 Å². The highest BCUT2D eigenvalue weighted by Crippen LogP contribution is 2.22. The number of nitrogens with one attached hydrogen (secondary N) is 2. The maximum absolute atomic E-state index is 4.72. The van der Waals surface area contributed by atoms with Gasteiger partial charge in [0, 0.05) is 38.0 Å². The monoisotopic (exact) mass is 382 g/mol. The third kappa shape index (κ3) is 4.54. The summed E-state index contributed by atoms with van der Waals surface area (Å²) in [5.41, 5.74) is 3.27. The maximum atomic E-state index is 4.72. The summed E-state index contributed by atoms with van der Waals surface area (Å²) in [6.07, 6.45) is 0. The van der Waals surface area contributed by atoms with Gasteiger partial charge in [0.1, 0.15) is 5.82 Å². The molecular weight excluding hydrogens is 356 g/mol. The highest BCUT2D eigenvalue weighted by molar-refractivity contribution is 7.11. The Kier molecular flexibility index (Phi) is 5.91. The van der Waals surface area contributed by atoms with Crippen molar-refractivity contribution in [2.24, 2.45) is 4.99 Å². The van der Waals surface area contributed by atoms with Gasteiger partial charge in [-0.2, -0.15) is 0 Å². The molecule has 3 rings (SSSR count). The van der Waals surface area contributed by atoms with E-state index in [1.54, 1.807) is 18.4 Å². The van der Waals surface area contributed by atoms with Crippen LogP contribution in [0, 0.1) is 13.8 Å². The number of pyridine rings is 1. The zero-order valence-corrected chi connectivity index (χ0v) is 17.3. The van der Waals surface area contributed by atoms with Crippen molar-refractivity contribution in [3.05, 3.63) is 51.5 Å². The Morgan fingerprint density at radius 1 is 1.11 bits per heavy atom. The highest BCUT2D eigenvalue weighted by atomic mass is 32.1. The van der Waals surface area contributed by atoms with Gasteiger partial charge in [0.05, 0.1) is 22.8 Å². The van der Waals surface area contributed by atoms with E-state index in [2.05, 4.69) is 32.7 Å². The van der Waals surface area contributed by atoms with Crippen molar-refractivity contribution in [2.45, 2.75) is 26.9 Å². The van der Waals surface area contributed by atoms with Gasteiger partial charge in [-0.15, -0.1) is 11.3 Å². The molecular formula is C20H26N6S. The normalized spacial score (nSPS) is 11.7. The minimum absolute atomic E-state index is 0.671. The number of rotatable bonds is 5. The standard InChI is InChI=1S/C20H26N6S/c1-13-18(27-14(2)24-13)12-23-20(21-3)22-11-15-10-19(26(4)5)25-17-9-7-6-8-16(15)17/h6-10H,11-12H2,1-5H3,(H2,21,22,23). The van der Waals surface area contributed by atoms with Gasteiger partial charge in [0.15, 0.2) is 5.96 Å². The Morgan fingerprint density at radius 2 is 1.85 bits per heavy atom. The van der Waals surface area contributed by atoms with Crippen LogP contribution in [0.25, 0.3) is 10.9 Å². The molecule has 0 amide bonds. The summed E-state index contributed by atoms with van der Waals surface area (Å²) in [7, 11) is 5.80. The molecule has 0 saturated heterocycles. The fourth-order valence-corrected chi connectivity index (χ4v) is 3.79. The fourth-order valence-electron chi connectivity index (χ4n) is 2.91. The predicted molar refractivity (Wildman–Crippen MR) is 115 cm³/mol. The van der Waals surface area contributed by atoms with Gasteiger partial charge in [-0.25, -0.2) is 9.97 Å². The van der Waals surface area contributed by atoms with Gasteiger partial charge >= 0.3 is 0 Å². The van der Waals surface area contributed by atoms with E-state index in [9.17, 15) is 0 Å². The van der Waals surface area contributed by atoms with Gasteiger partial charge in [-0.05, 0) is 31.5 Å². The number of anilines is 1. The van der Waals surface area contributed by atoms with Crippen molar-refractivity contribution in [2.75, 3.05) is 26.0 Å². The lowest BCUT2D eigenvalue weighted by atomic mass is 10.1. The summed E-state index contributed by atoms with van der Waals surface area (Å²) in [6.45, 7) is 5.47. The number of aromatic nitrogens is 2. The Bertz CT molecular complexity index is 960. The maximum Gasteiger partial charge on any atom is 0.191 e. The zero-order valence-electron chi connectivity index (χ0n) is 16.5. The molecule has 2 N–H and O–H groups in total. The molecule has 142 valence electrons. The van der Waals surface area contributed by atoms with E-state index in [0.717, 1.165) is 39.9 Å².